The lowest BCUT2D eigenvalue weighted by Gasteiger charge is -2.19. The second kappa shape index (κ2) is 8.01. The number of hydrogen-bond acceptors (Lipinski definition) is 4. The third kappa shape index (κ3) is 4.03. The fraction of sp³-hybridized carbons (Fsp3) is 0.571. The summed E-state index contributed by atoms with van der Waals surface area (Å²) in [6.07, 6.45) is 3.53. The molecular weight excluding hydrogens is 366 g/mol. The lowest BCUT2D eigenvalue weighted by molar-refractivity contribution is -0.141. The van der Waals surface area contributed by atoms with E-state index in [2.05, 4.69) is 0 Å². The van der Waals surface area contributed by atoms with E-state index in [0.717, 1.165) is 36.8 Å². The Labute approximate surface area is 165 Å². The van der Waals surface area contributed by atoms with Gasteiger partial charge in [-0.3, -0.25) is 19.3 Å². The molecule has 1 saturated heterocycles. The Morgan fingerprint density at radius 1 is 1.19 bits per heavy atom. The fourth-order valence-corrected chi connectivity index (χ4v) is 4.21. The van der Waals surface area contributed by atoms with Crippen LogP contribution in [0.25, 0.3) is 0 Å². The molecular formula is C21H26ClNO4. The van der Waals surface area contributed by atoms with Crippen LogP contribution < -0.4 is 4.74 Å². The van der Waals surface area contributed by atoms with Crippen LogP contribution in [0.1, 0.15) is 63.0 Å². The zero-order valence-electron chi connectivity index (χ0n) is 16.1. The van der Waals surface area contributed by atoms with Gasteiger partial charge in [0.25, 0.3) is 0 Å². The van der Waals surface area contributed by atoms with Crippen molar-refractivity contribution in [3.8, 4) is 5.75 Å². The number of esters is 1. The normalized spacial score (nSPS) is 22.3. The smallest absolute Gasteiger partial charge is 0.313 e. The summed E-state index contributed by atoms with van der Waals surface area (Å²) in [5, 5.41) is 0.634. The minimum absolute atomic E-state index is 0.00384. The number of amides is 2. The quantitative estimate of drug-likeness (QED) is 0.427. The van der Waals surface area contributed by atoms with E-state index in [1.807, 2.05) is 26.8 Å². The molecule has 6 heteroatoms. The number of carbonyl (C=O) groups is 3. The van der Waals surface area contributed by atoms with Gasteiger partial charge in [0.05, 0.1) is 18.3 Å². The predicted molar refractivity (Wildman–Crippen MR) is 103 cm³/mol. The second-order valence-corrected chi connectivity index (χ2v) is 8.25. The lowest BCUT2D eigenvalue weighted by atomic mass is 9.81. The van der Waals surface area contributed by atoms with Gasteiger partial charge in [0, 0.05) is 11.6 Å². The van der Waals surface area contributed by atoms with Crippen molar-refractivity contribution < 1.29 is 19.1 Å². The van der Waals surface area contributed by atoms with Gasteiger partial charge in [0.1, 0.15) is 5.75 Å². The average Bonchev–Trinajstić information content (AvgIpc) is 2.87. The largest absolute Gasteiger partial charge is 0.426 e. The molecule has 2 fully saturated rings. The molecule has 5 nitrogen and oxygen atoms in total. The van der Waals surface area contributed by atoms with Crippen molar-refractivity contribution in [1.29, 1.82) is 0 Å². The summed E-state index contributed by atoms with van der Waals surface area (Å²) in [4.78, 5) is 38.6. The molecule has 2 aliphatic rings. The summed E-state index contributed by atoms with van der Waals surface area (Å²) in [5.41, 5.74) is 1.69. The van der Waals surface area contributed by atoms with Gasteiger partial charge >= 0.3 is 5.97 Å². The van der Waals surface area contributed by atoms with Gasteiger partial charge < -0.3 is 4.74 Å². The SMILES string of the molecule is Cc1cc(OC(=O)CCN2C(=O)[C@H]3CCCC[C@@H]3C2=O)c(C(C)C)cc1Cl. The molecule has 3 rings (SSSR count). The van der Waals surface area contributed by atoms with Crippen molar-refractivity contribution >= 4 is 29.4 Å². The minimum atomic E-state index is -0.450. The number of benzene rings is 1. The maximum Gasteiger partial charge on any atom is 0.313 e. The number of ether oxygens (including phenoxy) is 1. The summed E-state index contributed by atoms with van der Waals surface area (Å²) < 4.78 is 5.54. The Hall–Kier alpha value is -1.88. The molecule has 1 aromatic rings. The highest BCUT2D eigenvalue weighted by atomic mass is 35.5. The van der Waals surface area contributed by atoms with Crippen LogP contribution in [0.2, 0.25) is 5.02 Å². The van der Waals surface area contributed by atoms with Gasteiger partial charge in [0.15, 0.2) is 0 Å². The van der Waals surface area contributed by atoms with E-state index in [-0.39, 0.29) is 42.5 Å². The standard InChI is InChI=1S/C21H26ClNO4/c1-12(2)16-11-17(22)13(3)10-18(16)27-19(24)8-9-23-20(25)14-6-4-5-7-15(14)21(23)26/h10-12,14-15H,4-9H2,1-3H3/t14-,15-/m0/s1. The molecule has 1 aliphatic heterocycles. The summed E-state index contributed by atoms with van der Waals surface area (Å²) in [6.45, 7) is 5.95. The first-order chi connectivity index (χ1) is 12.8. The third-order valence-corrected chi connectivity index (χ3v) is 6.02. The van der Waals surface area contributed by atoms with E-state index in [1.165, 1.54) is 4.90 Å². The van der Waals surface area contributed by atoms with Crippen LogP contribution in [-0.4, -0.2) is 29.2 Å². The second-order valence-electron chi connectivity index (χ2n) is 7.84. The Bertz CT molecular complexity index is 750. The number of aryl methyl sites for hydroxylation is 1. The number of rotatable bonds is 5. The van der Waals surface area contributed by atoms with Crippen LogP contribution in [-0.2, 0) is 14.4 Å². The zero-order chi connectivity index (χ0) is 19.7. The lowest BCUT2D eigenvalue weighted by Crippen LogP contribution is -2.33. The predicted octanol–water partition coefficient (Wildman–Crippen LogP) is 4.24. The highest BCUT2D eigenvalue weighted by molar-refractivity contribution is 6.31. The Balaban J connectivity index is 1.64. The molecule has 0 N–H and O–H groups in total. The molecule has 2 amide bonds. The molecule has 0 bridgehead atoms. The van der Waals surface area contributed by atoms with E-state index in [1.54, 1.807) is 6.07 Å². The van der Waals surface area contributed by atoms with Crippen molar-refractivity contribution in [2.75, 3.05) is 6.54 Å². The molecule has 1 aliphatic carbocycles. The number of fused-ring (bicyclic) bond motifs is 1. The number of carbonyl (C=O) groups excluding carboxylic acids is 3. The summed E-state index contributed by atoms with van der Waals surface area (Å²) in [7, 11) is 0. The Kier molecular flexibility index (Phi) is 5.89. The first-order valence-electron chi connectivity index (χ1n) is 9.65. The molecule has 0 spiro atoms. The van der Waals surface area contributed by atoms with E-state index in [9.17, 15) is 14.4 Å². The van der Waals surface area contributed by atoms with E-state index >= 15 is 0 Å². The Morgan fingerprint density at radius 2 is 1.78 bits per heavy atom. The molecule has 0 unspecified atom stereocenters. The number of nitrogens with zero attached hydrogens (tertiary/aromatic N) is 1. The van der Waals surface area contributed by atoms with Crippen LogP contribution in [0.15, 0.2) is 12.1 Å². The fourth-order valence-electron chi connectivity index (χ4n) is 4.04. The Morgan fingerprint density at radius 3 is 2.33 bits per heavy atom. The topological polar surface area (TPSA) is 63.7 Å². The van der Waals surface area contributed by atoms with Gasteiger partial charge in [-0.05, 0) is 48.9 Å². The average molecular weight is 392 g/mol. The van der Waals surface area contributed by atoms with Gasteiger partial charge in [0.2, 0.25) is 11.8 Å². The third-order valence-electron chi connectivity index (χ3n) is 5.61. The van der Waals surface area contributed by atoms with E-state index in [4.69, 9.17) is 16.3 Å². The highest BCUT2D eigenvalue weighted by Gasteiger charge is 2.47. The minimum Gasteiger partial charge on any atom is -0.426 e. The molecule has 2 atom stereocenters. The first kappa shape index (κ1) is 19.9. The van der Waals surface area contributed by atoms with Crippen LogP contribution in [0.4, 0.5) is 0 Å². The molecule has 0 aromatic heterocycles. The summed E-state index contributed by atoms with van der Waals surface area (Å²) in [6, 6.07) is 3.58. The first-order valence-corrected chi connectivity index (χ1v) is 10.0. The monoisotopic (exact) mass is 391 g/mol. The van der Waals surface area contributed by atoms with Crippen molar-refractivity contribution in [1.82, 2.24) is 4.90 Å². The maximum atomic E-state index is 12.5. The van der Waals surface area contributed by atoms with Crippen LogP contribution >= 0.6 is 11.6 Å². The highest BCUT2D eigenvalue weighted by Crippen LogP contribution is 2.38. The van der Waals surface area contributed by atoms with Crippen molar-refractivity contribution in [2.45, 2.75) is 58.8 Å². The molecule has 1 aromatic carbocycles. The number of hydrogen-bond donors (Lipinski definition) is 0. The van der Waals surface area contributed by atoms with Crippen molar-refractivity contribution in [3.05, 3.63) is 28.3 Å². The van der Waals surface area contributed by atoms with Gasteiger partial charge in [-0.25, -0.2) is 0 Å². The summed E-state index contributed by atoms with van der Waals surface area (Å²) >= 11 is 6.18. The molecule has 0 radical (unpaired) electrons. The number of halogens is 1. The molecule has 27 heavy (non-hydrogen) atoms. The molecule has 1 heterocycles. The van der Waals surface area contributed by atoms with E-state index in [0.29, 0.717) is 10.8 Å². The van der Waals surface area contributed by atoms with Crippen LogP contribution in [0, 0.1) is 18.8 Å². The van der Waals surface area contributed by atoms with Crippen LogP contribution in [0.3, 0.4) is 0 Å². The number of imide groups is 1. The van der Waals surface area contributed by atoms with Crippen LogP contribution in [0.5, 0.6) is 5.75 Å². The van der Waals surface area contributed by atoms with Crippen molar-refractivity contribution in [3.63, 3.8) is 0 Å². The molecule has 146 valence electrons. The van der Waals surface area contributed by atoms with Gasteiger partial charge in [-0.2, -0.15) is 0 Å². The molecule has 1 saturated carbocycles. The van der Waals surface area contributed by atoms with Gasteiger partial charge in [-0.15, -0.1) is 0 Å². The van der Waals surface area contributed by atoms with Gasteiger partial charge in [-0.1, -0.05) is 38.3 Å². The van der Waals surface area contributed by atoms with Crippen molar-refractivity contribution in [2.24, 2.45) is 11.8 Å². The van der Waals surface area contributed by atoms with E-state index < -0.39 is 5.97 Å². The summed E-state index contributed by atoms with van der Waals surface area (Å²) in [5.74, 6) is -0.428. The zero-order valence-corrected chi connectivity index (χ0v) is 16.8. The number of likely N-dealkylation sites (tertiary alicyclic amines) is 1. The maximum absolute atomic E-state index is 12.5.